The molecule has 2 aliphatic heterocycles. The van der Waals surface area contributed by atoms with Crippen molar-refractivity contribution >= 4 is 29.3 Å². The highest BCUT2D eigenvalue weighted by Gasteiger charge is 2.45. The van der Waals surface area contributed by atoms with Crippen molar-refractivity contribution in [3.05, 3.63) is 33.4 Å². The van der Waals surface area contributed by atoms with Crippen LogP contribution in [-0.2, 0) is 9.47 Å². The second-order valence-corrected chi connectivity index (χ2v) is 8.09. The smallest absolute Gasteiger partial charge is 0.285 e. The number of ether oxygens (including phenoxy) is 2. The Bertz CT molecular complexity index is 793. The van der Waals surface area contributed by atoms with Crippen LogP contribution in [0.25, 0.3) is 10.4 Å². The highest BCUT2D eigenvalue weighted by Crippen LogP contribution is 2.37. The van der Waals surface area contributed by atoms with Gasteiger partial charge in [0.05, 0.1) is 23.8 Å². The molecule has 1 aromatic rings. The van der Waals surface area contributed by atoms with Gasteiger partial charge >= 0.3 is 0 Å². The molecule has 0 unspecified atom stereocenters. The second kappa shape index (κ2) is 9.92. The first-order valence-electron chi connectivity index (χ1n) is 8.88. The second-order valence-electron chi connectivity index (χ2n) is 6.51. The highest BCUT2D eigenvalue weighted by atomic mass is 35.5. The van der Waals surface area contributed by atoms with Crippen molar-refractivity contribution in [1.82, 2.24) is 15.4 Å². The number of carbonyl (C=O) groups excluding carboxylic acids is 1. The highest BCUT2D eigenvalue weighted by molar-refractivity contribution is 8.00. The maximum absolute atomic E-state index is 12.6. The Kier molecular flexibility index (Phi) is 7.55. The van der Waals surface area contributed by atoms with E-state index in [4.69, 9.17) is 26.6 Å². The molecule has 0 aromatic carbocycles. The summed E-state index contributed by atoms with van der Waals surface area (Å²) in [6.07, 6.45) is -0.689. The molecule has 0 bridgehead atoms. The number of methoxy groups -OCH3 is 1. The van der Waals surface area contributed by atoms with Crippen LogP contribution in [0.3, 0.4) is 0 Å². The van der Waals surface area contributed by atoms with E-state index in [9.17, 15) is 15.0 Å². The SMILES string of the molecule is CO[C@@H]1[C@@H](N=[N+]=[N-])[C@@H](O)[C@@H](CO)O[C@@H]1Sc1cc(Cl)cnc1C(=O)NN1CCC1. The van der Waals surface area contributed by atoms with Crippen molar-refractivity contribution in [2.75, 3.05) is 26.8 Å². The fraction of sp³-hybridized carbons (Fsp3) is 0.625. The molecule has 3 rings (SSSR count). The molecule has 0 saturated carbocycles. The van der Waals surface area contributed by atoms with Gasteiger partial charge in [-0.3, -0.25) is 10.2 Å². The van der Waals surface area contributed by atoms with Crippen molar-refractivity contribution in [2.45, 2.75) is 41.1 Å². The molecule has 2 aliphatic rings. The van der Waals surface area contributed by atoms with E-state index in [1.807, 2.05) is 0 Å². The summed E-state index contributed by atoms with van der Waals surface area (Å²) in [6.45, 7) is 1.05. The van der Waals surface area contributed by atoms with Crippen molar-refractivity contribution < 1.29 is 24.5 Å². The fourth-order valence-corrected chi connectivity index (χ4v) is 4.56. The fourth-order valence-electron chi connectivity index (χ4n) is 3.03. The molecular weight excluding hydrogens is 424 g/mol. The van der Waals surface area contributed by atoms with E-state index in [-0.39, 0.29) is 11.6 Å². The number of amides is 1. The monoisotopic (exact) mass is 444 g/mol. The van der Waals surface area contributed by atoms with Gasteiger partial charge < -0.3 is 19.7 Å². The Morgan fingerprint density at radius 3 is 2.97 bits per heavy atom. The molecule has 2 saturated heterocycles. The van der Waals surface area contributed by atoms with Gasteiger partial charge in [-0.05, 0) is 18.0 Å². The van der Waals surface area contributed by atoms with Gasteiger partial charge in [0.1, 0.15) is 23.3 Å². The van der Waals surface area contributed by atoms with Crippen LogP contribution in [0.4, 0.5) is 0 Å². The van der Waals surface area contributed by atoms with Gasteiger partial charge in [0, 0.05) is 36.2 Å². The van der Waals surface area contributed by atoms with Crippen LogP contribution in [0.2, 0.25) is 5.02 Å². The summed E-state index contributed by atoms with van der Waals surface area (Å²) in [6, 6.07) is 0.584. The molecule has 0 radical (unpaired) electrons. The number of nitrogens with one attached hydrogen (secondary N) is 1. The van der Waals surface area contributed by atoms with Crippen molar-refractivity contribution in [3.8, 4) is 0 Å². The third-order valence-electron chi connectivity index (χ3n) is 4.67. The zero-order chi connectivity index (χ0) is 21.0. The number of aromatic nitrogens is 1. The number of thioether (sulfide) groups is 1. The lowest BCUT2D eigenvalue weighted by atomic mass is 9.98. The molecule has 3 heterocycles. The number of pyridine rings is 1. The molecule has 2 fully saturated rings. The third kappa shape index (κ3) is 4.93. The average Bonchev–Trinajstić information content (AvgIpc) is 2.67. The Labute approximate surface area is 175 Å². The summed E-state index contributed by atoms with van der Waals surface area (Å²) in [5.74, 6) is -0.390. The van der Waals surface area contributed by atoms with E-state index in [0.29, 0.717) is 9.92 Å². The van der Waals surface area contributed by atoms with Crippen LogP contribution in [-0.4, -0.2) is 82.7 Å². The summed E-state index contributed by atoms with van der Waals surface area (Å²) in [4.78, 5) is 20.0. The maximum Gasteiger partial charge on any atom is 0.285 e. The van der Waals surface area contributed by atoms with Gasteiger partial charge in [-0.2, -0.15) is 0 Å². The van der Waals surface area contributed by atoms with Crippen LogP contribution in [0.15, 0.2) is 22.3 Å². The molecule has 3 N–H and O–H groups in total. The summed E-state index contributed by atoms with van der Waals surface area (Å²) in [7, 11) is 1.39. The van der Waals surface area contributed by atoms with Crippen LogP contribution in [0.1, 0.15) is 16.9 Å². The van der Waals surface area contributed by atoms with E-state index in [2.05, 4.69) is 20.4 Å². The number of hydrogen-bond donors (Lipinski definition) is 3. The van der Waals surface area contributed by atoms with Crippen molar-refractivity contribution in [1.29, 1.82) is 0 Å². The van der Waals surface area contributed by atoms with E-state index >= 15 is 0 Å². The maximum atomic E-state index is 12.6. The first kappa shape index (κ1) is 22.1. The first-order chi connectivity index (χ1) is 14.0. The standard InChI is InChI=1S/C16H21ClN6O5S/c1-27-14-12(20-22-18)13(25)9(7-24)28-16(14)29-10-5-8(17)6-19-11(10)15(26)21-23-3-2-4-23/h5-6,9,12-14,16,24-25H,2-4,7H2,1H3,(H,21,26)/t9-,12+,13+,14-,16-/m1/s1. The van der Waals surface area contributed by atoms with Gasteiger partial charge in [-0.15, -0.1) is 0 Å². The molecule has 158 valence electrons. The largest absolute Gasteiger partial charge is 0.394 e. The number of carbonyl (C=O) groups is 1. The molecule has 29 heavy (non-hydrogen) atoms. The Morgan fingerprint density at radius 1 is 1.62 bits per heavy atom. The van der Waals surface area contributed by atoms with Crippen LogP contribution in [0, 0.1) is 0 Å². The topological polar surface area (TPSA) is 153 Å². The van der Waals surface area contributed by atoms with Crippen LogP contribution >= 0.6 is 23.4 Å². The molecule has 1 amide bonds. The number of rotatable bonds is 7. The van der Waals surface area contributed by atoms with Crippen LogP contribution in [0.5, 0.6) is 0 Å². The van der Waals surface area contributed by atoms with Crippen LogP contribution < -0.4 is 5.43 Å². The molecule has 5 atom stereocenters. The molecule has 1 aromatic heterocycles. The van der Waals surface area contributed by atoms with E-state index < -0.39 is 36.4 Å². The summed E-state index contributed by atoms with van der Waals surface area (Å²) in [5.41, 5.74) is 11.0. The average molecular weight is 445 g/mol. The normalized spacial score (nSPS) is 29.6. The Hall–Kier alpha value is -1.63. The number of aliphatic hydroxyl groups is 2. The van der Waals surface area contributed by atoms with Gasteiger partial charge in [0.25, 0.3) is 5.91 Å². The predicted molar refractivity (Wildman–Crippen MR) is 104 cm³/mol. The van der Waals surface area contributed by atoms with E-state index in [1.165, 1.54) is 13.3 Å². The van der Waals surface area contributed by atoms with Gasteiger partial charge in [0.15, 0.2) is 0 Å². The molecular formula is C16H21ClN6O5S. The minimum atomic E-state index is -1.25. The quantitative estimate of drug-likeness (QED) is 0.319. The lowest BCUT2D eigenvalue weighted by molar-refractivity contribution is -0.167. The summed E-state index contributed by atoms with van der Waals surface area (Å²) < 4.78 is 11.2. The lowest BCUT2D eigenvalue weighted by Gasteiger charge is -2.41. The number of aliphatic hydroxyl groups excluding tert-OH is 2. The molecule has 11 nitrogen and oxygen atoms in total. The number of azide groups is 1. The zero-order valence-corrected chi connectivity index (χ0v) is 17.1. The minimum absolute atomic E-state index is 0.150. The minimum Gasteiger partial charge on any atom is -0.394 e. The van der Waals surface area contributed by atoms with Gasteiger partial charge in [0.2, 0.25) is 0 Å². The molecule has 0 aliphatic carbocycles. The van der Waals surface area contributed by atoms with Gasteiger partial charge in [-0.1, -0.05) is 28.5 Å². The number of nitrogens with zero attached hydrogens (tertiary/aromatic N) is 5. The molecule has 0 spiro atoms. The van der Waals surface area contributed by atoms with Crippen molar-refractivity contribution in [2.24, 2.45) is 5.11 Å². The number of hydrogen-bond acceptors (Lipinski definition) is 9. The Balaban J connectivity index is 1.87. The van der Waals surface area contributed by atoms with Crippen molar-refractivity contribution in [3.63, 3.8) is 0 Å². The summed E-state index contributed by atoms with van der Waals surface area (Å²) in [5, 5.41) is 25.6. The lowest BCUT2D eigenvalue weighted by Crippen LogP contribution is -2.57. The summed E-state index contributed by atoms with van der Waals surface area (Å²) >= 11 is 7.17. The molecule has 13 heteroatoms. The number of halogens is 1. The van der Waals surface area contributed by atoms with E-state index in [1.54, 1.807) is 11.1 Å². The first-order valence-corrected chi connectivity index (χ1v) is 10.1. The predicted octanol–water partition coefficient (Wildman–Crippen LogP) is 0.950. The third-order valence-corrected chi connectivity index (χ3v) is 6.06. The Morgan fingerprint density at radius 2 is 2.38 bits per heavy atom. The van der Waals surface area contributed by atoms with Gasteiger partial charge in [-0.25, -0.2) is 9.99 Å². The number of hydrazine groups is 1. The van der Waals surface area contributed by atoms with E-state index in [0.717, 1.165) is 31.3 Å². The zero-order valence-electron chi connectivity index (χ0n) is 15.5.